The van der Waals surface area contributed by atoms with Crippen molar-refractivity contribution >= 4 is 17.8 Å². The summed E-state index contributed by atoms with van der Waals surface area (Å²) in [6.45, 7) is -0.0722. The molecule has 2 N–H and O–H groups in total. The van der Waals surface area contributed by atoms with Crippen molar-refractivity contribution in [3.8, 4) is 0 Å². The lowest BCUT2D eigenvalue weighted by Crippen LogP contribution is -2.63. The molecule has 1 saturated heterocycles. The fourth-order valence-corrected chi connectivity index (χ4v) is 3.15. The van der Waals surface area contributed by atoms with Gasteiger partial charge in [-0.15, -0.1) is 5.10 Å². The number of hydrogen-bond acceptors (Lipinski definition) is 5. The average molecular weight is 307 g/mol. The summed E-state index contributed by atoms with van der Waals surface area (Å²) in [5.41, 5.74) is -0.209. The van der Waals surface area contributed by atoms with Crippen molar-refractivity contribution in [1.82, 2.24) is 25.2 Å². The van der Waals surface area contributed by atoms with Crippen molar-refractivity contribution in [1.29, 1.82) is 0 Å². The summed E-state index contributed by atoms with van der Waals surface area (Å²) < 4.78 is 1.19. The fraction of sp³-hybridized carbons (Fsp3) is 0.615. The predicted octanol–water partition coefficient (Wildman–Crippen LogP) is -0.754. The minimum atomic E-state index is -1.19. The Morgan fingerprint density at radius 3 is 2.86 bits per heavy atom. The fourth-order valence-electron chi connectivity index (χ4n) is 3.15. The largest absolute Gasteiger partial charge is 0.476 e. The van der Waals surface area contributed by atoms with Gasteiger partial charge in [0.2, 0.25) is 11.8 Å². The number of carbonyl (C=O) groups is 3. The van der Waals surface area contributed by atoms with Crippen LogP contribution in [0.3, 0.4) is 0 Å². The van der Waals surface area contributed by atoms with Crippen LogP contribution in [0.25, 0.3) is 0 Å². The van der Waals surface area contributed by atoms with Gasteiger partial charge in [0.25, 0.3) is 0 Å². The van der Waals surface area contributed by atoms with Gasteiger partial charge in [0.15, 0.2) is 5.69 Å². The van der Waals surface area contributed by atoms with Crippen LogP contribution >= 0.6 is 0 Å². The summed E-state index contributed by atoms with van der Waals surface area (Å²) in [6, 6.07) is 0.0330. The van der Waals surface area contributed by atoms with Crippen molar-refractivity contribution in [2.45, 2.75) is 44.3 Å². The van der Waals surface area contributed by atoms with E-state index in [1.165, 1.54) is 10.9 Å². The van der Waals surface area contributed by atoms with Crippen LogP contribution in [0.15, 0.2) is 6.20 Å². The van der Waals surface area contributed by atoms with Crippen LogP contribution in [-0.4, -0.2) is 61.4 Å². The molecule has 2 aliphatic rings. The number of carboxylic acid groups (broad SMARTS) is 1. The summed E-state index contributed by atoms with van der Waals surface area (Å²) in [6.07, 6.45) is 5.05. The van der Waals surface area contributed by atoms with Gasteiger partial charge in [0.05, 0.1) is 18.8 Å². The summed E-state index contributed by atoms with van der Waals surface area (Å²) in [5.74, 6) is -1.58. The summed E-state index contributed by atoms with van der Waals surface area (Å²) in [7, 11) is 0. The van der Waals surface area contributed by atoms with Crippen LogP contribution in [0.1, 0.15) is 36.2 Å². The van der Waals surface area contributed by atoms with E-state index in [2.05, 4.69) is 15.6 Å². The van der Waals surface area contributed by atoms with Crippen LogP contribution in [0.5, 0.6) is 0 Å². The first kappa shape index (κ1) is 14.5. The smallest absolute Gasteiger partial charge is 0.358 e. The van der Waals surface area contributed by atoms with Crippen LogP contribution in [0, 0.1) is 0 Å². The second-order valence-electron chi connectivity index (χ2n) is 5.65. The van der Waals surface area contributed by atoms with Crippen molar-refractivity contribution in [3.05, 3.63) is 11.9 Å². The highest BCUT2D eigenvalue weighted by molar-refractivity contribution is 5.87. The standard InChI is InChI=1S/C13H17N5O4/c19-11-6-18(10-4-2-1-3-8(10)14-11)12(20)7-17-5-9(13(21)22)15-16-17/h5,8,10H,1-4,6-7H2,(H,14,19)(H,21,22). The van der Waals surface area contributed by atoms with Crippen molar-refractivity contribution < 1.29 is 19.5 Å². The molecule has 22 heavy (non-hydrogen) atoms. The van der Waals surface area contributed by atoms with E-state index in [1.807, 2.05) is 0 Å². The first-order valence-electron chi connectivity index (χ1n) is 7.27. The predicted molar refractivity (Wildman–Crippen MR) is 72.9 cm³/mol. The molecule has 9 heteroatoms. The molecule has 1 saturated carbocycles. The summed E-state index contributed by atoms with van der Waals surface area (Å²) in [4.78, 5) is 36.6. The lowest BCUT2D eigenvalue weighted by atomic mass is 9.87. The average Bonchev–Trinajstić information content (AvgIpc) is 2.95. The molecule has 1 aromatic heterocycles. The molecule has 0 spiro atoms. The zero-order valence-electron chi connectivity index (χ0n) is 11.9. The second-order valence-corrected chi connectivity index (χ2v) is 5.65. The van der Waals surface area contributed by atoms with Crippen molar-refractivity contribution in [2.75, 3.05) is 6.54 Å². The molecule has 2 fully saturated rings. The number of carbonyl (C=O) groups excluding carboxylic acids is 2. The lowest BCUT2D eigenvalue weighted by molar-refractivity contribution is -0.144. The molecular formula is C13H17N5O4. The first-order valence-corrected chi connectivity index (χ1v) is 7.27. The first-order chi connectivity index (χ1) is 10.5. The van der Waals surface area contributed by atoms with Crippen molar-refractivity contribution in [3.63, 3.8) is 0 Å². The molecule has 2 amide bonds. The van der Waals surface area contributed by atoms with E-state index in [9.17, 15) is 14.4 Å². The third-order valence-electron chi connectivity index (χ3n) is 4.17. The molecule has 2 unspecified atom stereocenters. The molecule has 0 aromatic carbocycles. The van der Waals surface area contributed by atoms with E-state index in [0.29, 0.717) is 0 Å². The Labute approximate surface area is 126 Å². The highest BCUT2D eigenvalue weighted by Gasteiger charge is 2.38. The third kappa shape index (κ3) is 2.78. The minimum absolute atomic E-state index is 0.0152. The molecule has 1 aliphatic carbocycles. The van der Waals surface area contributed by atoms with Crippen molar-refractivity contribution in [2.24, 2.45) is 0 Å². The Morgan fingerprint density at radius 2 is 2.14 bits per heavy atom. The van der Waals surface area contributed by atoms with E-state index in [4.69, 9.17) is 5.11 Å². The molecule has 9 nitrogen and oxygen atoms in total. The number of amides is 2. The molecule has 3 rings (SSSR count). The van der Waals surface area contributed by atoms with Gasteiger partial charge in [-0.1, -0.05) is 18.1 Å². The van der Waals surface area contributed by atoms with E-state index >= 15 is 0 Å². The number of aromatic carboxylic acids is 1. The Morgan fingerprint density at radius 1 is 1.36 bits per heavy atom. The summed E-state index contributed by atoms with van der Waals surface area (Å²) >= 11 is 0. The molecule has 2 heterocycles. The lowest BCUT2D eigenvalue weighted by Gasteiger charge is -2.43. The molecule has 0 bridgehead atoms. The molecular weight excluding hydrogens is 290 g/mol. The normalized spacial score (nSPS) is 24.5. The number of hydrogen-bond donors (Lipinski definition) is 2. The highest BCUT2D eigenvalue weighted by atomic mass is 16.4. The quantitative estimate of drug-likeness (QED) is 0.758. The maximum absolute atomic E-state index is 12.5. The number of carboxylic acids is 1. The number of aromatic nitrogens is 3. The summed E-state index contributed by atoms with van der Waals surface area (Å²) in [5, 5.41) is 18.9. The number of rotatable bonds is 3. The molecule has 1 aromatic rings. The van der Waals surface area contributed by atoms with Gasteiger partial charge in [0.1, 0.15) is 6.54 Å². The van der Waals surface area contributed by atoms with Gasteiger partial charge in [-0.3, -0.25) is 9.59 Å². The maximum atomic E-state index is 12.5. The van der Waals surface area contributed by atoms with Gasteiger partial charge >= 0.3 is 5.97 Å². The topological polar surface area (TPSA) is 117 Å². The molecule has 1 aliphatic heterocycles. The number of fused-ring (bicyclic) bond motifs is 1. The Kier molecular flexibility index (Phi) is 3.78. The van der Waals surface area contributed by atoms with Gasteiger partial charge < -0.3 is 15.3 Å². The number of nitrogens with one attached hydrogen (secondary N) is 1. The third-order valence-corrected chi connectivity index (χ3v) is 4.17. The van der Waals surface area contributed by atoms with Gasteiger partial charge in [-0.2, -0.15) is 0 Å². The zero-order valence-corrected chi connectivity index (χ0v) is 11.9. The highest BCUT2D eigenvalue weighted by Crippen LogP contribution is 2.26. The van der Waals surface area contributed by atoms with E-state index in [-0.39, 0.29) is 42.7 Å². The molecule has 2 atom stereocenters. The van der Waals surface area contributed by atoms with Gasteiger partial charge in [-0.05, 0) is 12.8 Å². The maximum Gasteiger partial charge on any atom is 0.358 e. The van der Waals surface area contributed by atoms with Crippen LogP contribution in [-0.2, 0) is 16.1 Å². The monoisotopic (exact) mass is 307 g/mol. The second kappa shape index (κ2) is 5.74. The van der Waals surface area contributed by atoms with E-state index in [1.54, 1.807) is 4.90 Å². The van der Waals surface area contributed by atoms with Gasteiger partial charge in [-0.25, -0.2) is 9.48 Å². The van der Waals surface area contributed by atoms with E-state index in [0.717, 1.165) is 25.7 Å². The van der Waals surface area contributed by atoms with Gasteiger partial charge in [0, 0.05) is 6.04 Å². The van der Waals surface area contributed by atoms with E-state index < -0.39 is 5.97 Å². The molecule has 118 valence electrons. The Bertz CT molecular complexity index is 613. The van der Waals surface area contributed by atoms with Crippen LogP contribution in [0.2, 0.25) is 0 Å². The van der Waals surface area contributed by atoms with Crippen LogP contribution in [0.4, 0.5) is 0 Å². The van der Waals surface area contributed by atoms with Crippen LogP contribution < -0.4 is 5.32 Å². The number of piperazine rings is 1. The zero-order chi connectivity index (χ0) is 15.7. The Hall–Kier alpha value is -2.45. The number of nitrogens with zero attached hydrogens (tertiary/aromatic N) is 4. The SMILES string of the molecule is O=C1CN(C(=O)Cn2cc(C(=O)O)nn2)C2CCCCC2N1. The minimum Gasteiger partial charge on any atom is -0.476 e. The molecule has 0 radical (unpaired) electrons. The Balaban J connectivity index is 1.71.